The summed E-state index contributed by atoms with van der Waals surface area (Å²) in [6.45, 7) is 0. The molecule has 4 aromatic rings. The molecule has 146 valence electrons. The number of carbonyl (C=O) groups is 1. The van der Waals surface area contributed by atoms with E-state index in [1.54, 1.807) is 56.9 Å². The van der Waals surface area contributed by atoms with Gasteiger partial charge in [0.25, 0.3) is 5.91 Å². The van der Waals surface area contributed by atoms with Crippen LogP contribution in [0, 0.1) is 5.82 Å². The van der Waals surface area contributed by atoms with Crippen molar-refractivity contribution >= 4 is 17.4 Å². The van der Waals surface area contributed by atoms with E-state index >= 15 is 0 Å². The van der Waals surface area contributed by atoms with Crippen molar-refractivity contribution in [1.29, 1.82) is 0 Å². The highest BCUT2D eigenvalue weighted by molar-refractivity contribution is 6.09. The molecule has 2 aromatic carbocycles. The number of carbonyl (C=O) groups excluding carboxylic acids is 1. The third-order valence-corrected chi connectivity index (χ3v) is 4.58. The van der Waals surface area contributed by atoms with Crippen LogP contribution < -0.4 is 9.64 Å². The van der Waals surface area contributed by atoms with Crippen LogP contribution in [0.1, 0.15) is 10.5 Å². The van der Waals surface area contributed by atoms with Crippen molar-refractivity contribution in [3.8, 4) is 22.8 Å². The van der Waals surface area contributed by atoms with Crippen LogP contribution in [0.3, 0.4) is 0 Å². The Morgan fingerprint density at radius 2 is 1.97 bits per heavy atom. The van der Waals surface area contributed by atoms with Crippen LogP contribution in [0.5, 0.6) is 11.5 Å². The first-order chi connectivity index (χ1) is 14.0. The van der Waals surface area contributed by atoms with Gasteiger partial charge in [-0.05, 0) is 48.5 Å². The van der Waals surface area contributed by atoms with E-state index in [1.165, 1.54) is 15.4 Å². The van der Waals surface area contributed by atoms with E-state index < -0.39 is 11.7 Å². The molecule has 0 aliphatic heterocycles. The van der Waals surface area contributed by atoms with Gasteiger partial charge in [-0.2, -0.15) is 0 Å². The average molecular weight is 392 g/mol. The summed E-state index contributed by atoms with van der Waals surface area (Å²) in [5.41, 5.74) is 1.05. The van der Waals surface area contributed by atoms with Crippen LogP contribution in [0.2, 0.25) is 0 Å². The third kappa shape index (κ3) is 3.25. The molecule has 0 bridgehead atoms. The molecule has 1 N–H and O–H groups in total. The van der Waals surface area contributed by atoms with Crippen LogP contribution in [-0.2, 0) is 0 Å². The van der Waals surface area contributed by atoms with Gasteiger partial charge in [0.1, 0.15) is 28.7 Å². The number of anilines is 1. The van der Waals surface area contributed by atoms with Gasteiger partial charge in [-0.15, -0.1) is 0 Å². The summed E-state index contributed by atoms with van der Waals surface area (Å²) in [5, 5.41) is 10.3. The van der Waals surface area contributed by atoms with Gasteiger partial charge in [0.05, 0.1) is 7.11 Å². The summed E-state index contributed by atoms with van der Waals surface area (Å²) < 4.78 is 20.5. The lowest BCUT2D eigenvalue weighted by molar-refractivity contribution is 0.0988. The summed E-state index contributed by atoms with van der Waals surface area (Å²) in [7, 11) is 3.18. The summed E-state index contributed by atoms with van der Waals surface area (Å²) >= 11 is 0. The molecule has 0 saturated heterocycles. The van der Waals surface area contributed by atoms with E-state index in [4.69, 9.17) is 4.74 Å². The molecular formula is C21H17FN4O3. The van der Waals surface area contributed by atoms with Gasteiger partial charge in [-0.3, -0.25) is 9.20 Å². The first-order valence-corrected chi connectivity index (χ1v) is 8.73. The van der Waals surface area contributed by atoms with E-state index in [1.807, 2.05) is 0 Å². The largest absolute Gasteiger partial charge is 0.507 e. The Morgan fingerprint density at radius 1 is 1.21 bits per heavy atom. The molecule has 0 spiro atoms. The summed E-state index contributed by atoms with van der Waals surface area (Å²) in [6.07, 6.45) is 3.18. The van der Waals surface area contributed by atoms with Crippen molar-refractivity contribution in [3.63, 3.8) is 0 Å². The SMILES string of the molecule is COc1ccc(N(C)C(=O)c2c(-c3cc(F)ccc3O)nc3ncccn23)cc1. The van der Waals surface area contributed by atoms with Gasteiger partial charge >= 0.3 is 0 Å². The monoisotopic (exact) mass is 392 g/mol. The highest BCUT2D eigenvalue weighted by atomic mass is 19.1. The minimum Gasteiger partial charge on any atom is -0.507 e. The number of methoxy groups -OCH3 is 1. The number of imidazole rings is 1. The van der Waals surface area contributed by atoms with Crippen molar-refractivity contribution in [2.45, 2.75) is 0 Å². The van der Waals surface area contributed by atoms with Crippen molar-refractivity contribution < 1.29 is 19.0 Å². The number of phenolic OH excluding ortho intramolecular Hbond substituents is 1. The molecule has 29 heavy (non-hydrogen) atoms. The predicted octanol–water partition coefficient (Wildman–Crippen LogP) is 3.53. The van der Waals surface area contributed by atoms with Crippen LogP contribution in [0.4, 0.5) is 10.1 Å². The number of fused-ring (bicyclic) bond motifs is 1. The van der Waals surface area contributed by atoms with Gasteiger partial charge in [-0.1, -0.05) is 0 Å². The van der Waals surface area contributed by atoms with Crippen LogP contribution in [-0.4, -0.2) is 39.5 Å². The molecule has 4 rings (SSSR count). The number of amides is 1. The second-order valence-electron chi connectivity index (χ2n) is 6.32. The standard InChI is InChI=1S/C21H17FN4O3/c1-25(14-5-7-15(29-2)8-6-14)20(28)19-18(16-12-13(22)4-9-17(16)27)24-21-23-10-3-11-26(19)21/h3-12,27H,1-2H3. The lowest BCUT2D eigenvalue weighted by Gasteiger charge is -2.18. The van der Waals surface area contributed by atoms with E-state index in [0.717, 1.165) is 12.1 Å². The molecule has 8 heteroatoms. The number of rotatable bonds is 4. The van der Waals surface area contributed by atoms with Gasteiger partial charge in [0.2, 0.25) is 5.78 Å². The molecule has 0 saturated carbocycles. The van der Waals surface area contributed by atoms with Gasteiger partial charge in [0.15, 0.2) is 0 Å². The molecule has 2 heterocycles. The molecule has 7 nitrogen and oxygen atoms in total. The fourth-order valence-electron chi connectivity index (χ4n) is 3.06. The number of aromatic nitrogens is 3. The van der Waals surface area contributed by atoms with Crippen LogP contribution >= 0.6 is 0 Å². The van der Waals surface area contributed by atoms with Crippen molar-refractivity contribution in [1.82, 2.24) is 14.4 Å². The Hall–Kier alpha value is -3.94. The normalized spacial score (nSPS) is 10.9. The summed E-state index contributed by atoms with van der Waals surface area (Å²) in [6, 6.07) is 12.1. The number of phenols is 1. The topological polar surface area (TPSA) is 80.0 Å². The van der Waals surface area contributed by atoms with E-state index in [-0.39, 0.29) is 28.5 Å². The number of aromatic hydroxyl groups is 1. The van der Waals surface area contributed by atoms with E-state index in [2.05, 4.69) is 9.97 Å². The maximum absolute atomic E-state index is 13.8. The second-order valence-corrected chi connectivity index (χ2v) is 6.32. The zero-order chi connectivity index (χ0) is 20.5. The van der Waals surface area contributed by atoms with Gasteiger partial charge < -0.3 is 14.7 Å². The minimum absolute atomic E-state index is 0.113. The molecule has 0 unspecified atom stereocenters. The zero-order valence-corrected chi connectivity index (χ0v) is 15.7. The van der Waals surface area contributed by atoms with Crippen molar-refractivity contribution in [3.05, 3.63) is 72.4 Å². The Balaban J connectivity index is 1.87. The number of ether oxygens (including phenoxy) is 1. The summed E-state index contributed by atoms with van der Waals surface area (Å²) in [5.74, 6) is -0.202. The molecule has 0 aliphatic rings. The Kier molecular flexibility index (Phi) is 4.59. The Morgan fingerprint density at radius 3 is 2.69 bits per heavy atom. The predicted molar refractivity (Wildman–Crippen MR) is 106 cm³/mol. The number of halogens is 1. The minimum atomic E-state index is -0.551. The first-order valence-electron chi connectivity index (χ1n) is 8.73. The summed E-state index contributed by atoms with van der Waals surface area (Å²) in [4.78, 5) is 23.4. The quantitative estimate of drug-likeness (QED) is 0.575. The van der Waals surface area contributed by atoms with Crippen molar-refractivity contribution in [2.75, 3.05) is 19.1 Å². The van der Waals surface area contributed by atoms with E-state index in [0.29, 0.717) is 11.4 Å². The van der Waals surface area contributed by atoms with Gasteiger partial charge in [0, 0.05) is 30.7 Å². The van der Waals surface area contributed by atoms with E-state index in [9.17, 15) is 14.3 Å². The highest BCUT2D eigenvalue weighted by Crippen LogP contribution is 2.33. The van der Waals surface area contributed by atoms with Crippen molar-refractivity contribution in [2.24, 2.45) is 0 Å². The fraction of sp³-hybridized carbons (Fsp3) is 0.0952. The number of benzene rings is 2. The van der Waals surface area contributed by atoms with Crippen LogP contribution in [0.25, 0.3) is 17.0 Å². The molecule has 1 amide bonds. The fourth-order valence-corrected chi connectivity index (χ4v) is 3.06. The number of hydrogen-bond acceptors (Lipinski definition) is 5. The third-order valence-electron chi connectivity index (χ3n) is 4.58. The number of hydrogen-bond donors (Lipinski definition) is 1. The average Bonchev–Trinajstić information content (AvgIpc) is 3.13. The lowest BCUT2D eigenvalue weighted by atomic mass is 10.1. The molecule has 0 aliphatic carbocycles. The zero-order valence-electron chi connectivity index (χ0n) is 15.7. The second kappa shape index (κ2) is 7.23. The molecule has 0 fully saturated rings. The smallest absolute Gasteiger partial charge is 0.277 e. The maximum Gasteiger partial charge on any atom is 0.277 e. The van der Waals surface area contributed by atoms with Crippen LogP contribution in [0.15, 0.2) is 60.9 Å². The Labute approximate surface area is 165 Å². The number of nitrogens with zero attached hydrogens (tertiary/aromatic N) is 4. The lowest BCUT2D eigenvalue weighted by Crippen LogP contribution is -2.28. The molecule has 0 atom stereocenters. The maximum atomic E-state index is 13.8. The highest BCUT2D eigenvalue weighted by Gasteiger charge is 2.26. The molecule has 0 radical (unpaired) electrons. The first kappa shape index (κ1) is 18.4. The van der Waals surface area contributed by atoms with Gasteiger partial charge in [-0.25, -0.2) is 14.4 Å². The molecular weight excluding hydrogens is 375 g/mol. The molecule has 2 aromatic heterocycles. The Bertz CT molecular complexity index is 1200.